The molecule has 0 nitrogen and oxygen atoms in total. The Morgan fingerprint density at radius 1 is 0.500 bits per heavy atom. The third-order valence-electron chi connectivity index (χ3n) is 5.66. The zero-order valence-corrected chi connectivity index (χ0v) is 17.9. The fourth-order valence-corrected chi connectivity index (χ4v) is 3.55. The second-order valence-electron chi connectivity index (χ2n) is 8.36. The van der Waals surface area contributed by atoms with Crippen LogP contribution in [0.4, 0.5) is 0 Å². The van der Waals surface area contributed by atoms with Crippen LogP contribution in [0, 0.1) is 11.8 Å². The monoisotopic (exact) mass is 338 g/mol. The molecule has 0 spiro atoms. The highest BCUT2D eigenvalue weighted by molar-refractivity contribution is 4.81. The Hall–Kier alpha value is 0. The molecule has 24 heavy (non-hydrogen) atoms. The maximum Gasteiger partial charge on any atom is -0.0386 e. The molecule has 0 aromatic heterocycles. The summed E-state index contributed by atoms with van der Waals surface area (Å²) in [6.07, 6.45) is 26.2. The Labute approximate surface area is 155 Å². The first-order valence-electron chi connectivity index (χ1n) is 11.8. The van der Waals surface area contributed by atoms with Crippen molar-refractivity contribution in [3.05, 3.63) is 0 Å². The maximum absolute atomic E-state index is 2.39. The Bertz CT molecular complexity index is 210. The second-order valence-corrected chi connectivity index (χ2v) is 8.36. The maximum atomic E-state index is 2.39. The van der Waals surface area contributed by atoms with Crippen molar-refractivity contribution < 1.29 is 0 Å². The molecule has 0 heteroatoms. The van der Waals surface area contributed by atoms with Gasteiger partial charge in [-0.2, -0.15) is 0 Å². The lowest BCUT2D eigenvalue weighted by molar-refractivity contribution is 0.555. The highest BCUT2D eigenvalue weighted by Crippen LogP contribution is 2.41. The average molecular weight is 339 g/mol. The molecule has 0 radical (unpaired) electrons. The van der Waals surface area contributed by atoms with Crippen LogP contribution in [-0.2, 0) is 0 Å². The van der Waals surface area contributed by atoms with Crippen molar-refractivity contribution in [1.82, 2.24) is 0 Å². The van der Waals surface area contributed by atoms with Crippen LogP contribution in [0.5, 0.6) is 0 Å². The molecule has 0 aromatic carbocycles. The first-order valence-corrected chi connectivity index (χ1v) is 11.8. The van der Waals surface area contributed by atoms with Crippen molar-refractivity contribution in [3.63, 3.8) is 0 Å². The van der Waals surface area contributed by atoms with E-state index in [9.17, 15) is 0 Å². The van der Waals surface area contributed by atoms with Crippen LogP contribution in [0.3, 0.4) is 0 Å². The van der Waals surface area contributed by atoms with Crippen LogP contribution in [0.2, 0.25) is 0 Å². The third-order valence-corrected chi connectivity index (χ3v) is 5.66. The quantitative estimate of drug-likeness (QED) is 0.246. The van der Waals surface area contributed by atoms with Gasteiger partial charge in [-0.3, -0.25) is 0 Å². The first-order chi connectivity index (χ1) is 11.8. The second kappa shape index (κ2) is 19.3. The largest absolute Gasteiger partial charge is 0.0654 e. The summed E-state index contributed by atoms with van der Waals surface area (Å²) < 4.78 is 0. The van der Waals surface area contributed by atoms with Gasteiger partial charge < -0.3 is 0 Å². The predicted octanol–water partition coefficient (Wildman–Crippen LogP) is 9.32. The first kappa shape index (κ1) is 24.0. The lowest BCUT2D eigenvalue weighted by Gasteiger charge is -1.99. The Kier molecular flexibility index (Phi) is 19.3. The van der Waals surface area contributed by atoms with Crippen LogP contribution in [0.1, 0.15) is 143 Å². The summed E-state index contributed by atoms with van der Waals surface area (Å²) in [6, 6.07) is 0. The fourth-order valence-electron chi connectivity index (χ4n) is 3.55. The van der Waals surface area contributed by atoms with E-state index in [1.54, 1.807) is 0 Å². The van der Waals surface area contributed by atoms with Crippen molar-refractivity contribution in [2.24, 2.45) is 11.8 Å². The van der Waals surface area contributed by atoms with Crippen LogP contribution in [0.15, 0.2) is 0 Å². The summed E-state index contributed by atoms with van der Waals surface area (Å²) in [4.78, 5) is 0. The Balaban J connectivity index is 0.000000441. The number of hydrogen-bond acceptors (Lipinski definition) is 0. The molecule has 2 atom stereocenters. The van der Waals surface area contributed by atoms with Gasteiger partial charge in [-0.1, -0.05) is 137 Å². The third kappa shape index (κ3) is 18.3. The SMILES string of the molecule is CCCCCCCCC1CC1C.CCCCCCCCCCCC. The van der Waals surface area contributed by atoms with E-state index >= 15 is 0 Å². The van der Waals surface area contributed by atoms with Gasteiger partial charge in [0.1, 0.15) is 0 Å². The molecule has 0 aromatic rings. The van der Waals surface area contributed by atoms with Crippen molar-refractivity contribution in [3.8, 4) is 0 Å². The van der Waals surface area contributed by atoms with Gasteiger partial charge in [0, 0.05) is 0 Å². The molecule has 1 saturated carbocycles. The van der Waals surface area contributed by atoms with E-state index in [2.05, 4.69) is 27.7 Å². The Morgan fingerprint density at radius 2 is 0.792 bits per heavy atom. The number of hydrogen-bond donors (Lipinski definition) is 0. The van der Waals surface area contributed by atoms with E-state index < -0.39 is 0 Å². The molecular weight excluding hydrogens is 288 g/mol. The summed E-state index contributed by atoms with van der Waals surface area (Å²) in [7, 11) is 0. The molecule has 1 aliphatic carbocycles. The minimum Gasteiger partial charge on any atom is -0.0654 e. The van der Waals surface area contributed by atoms with E-state index in [4.69, 9.17) is 0 Å². The summed E-state index contributed by atoms with van der Waals surface area (Å²) in [5.41, 5.74) is 0. The van der Waals surface area contributed by atoms with E-state index in [-0.39, 0.29) is 0 Å². The molecule has 0 N–H and O–H groups in total. The topological polar surface area (TPSA) is 0 Å². The average Bonchev–Trinajstić information content (AvgIpc) is 3.29. The zero-order chi connectivity index (χ0) is 17.9. The highest BCUT2D eigenvalue weighted by Gasteiger charge is 2.31. The molecule has 1 fully saturated rings. The zero-order valence-electron chi connectivity index (χ0n) is 17.9. The summed E-state index contributed by atoms with van der Waals surface area (Å²) in [6.45, 7) is 9.23. The van der Waals surface area contributed by atoms with E-state index in [1.807, 2.05) is 0 Å². The van der Waals surface area contributed by atoms with Gasteiger partial charge in [0.2, 0.25) is 0 Å². The summed E-state index contributed by atoms with van der Waals surface area (Å²) in [5.74, 6) is 2.19. The van der Waals surface area contributed by atoms with E-state index in [1.165, 1.54) is 116 Å². The highest BCUT2D eigenvalue weighted by atomic mass is 14.4. The molecule has 0 heterocycles. The molecule has 0 bridgehead atoms. The predicted molar refractivity (Wildman–Crippen MR) is 113 cm³/mol. The van der Waals surface area contributed by atoms with Crippen molar-refractivity contribution in [2.45, 2.75) is 143 Å². The molecule has 146 valence electrons. The van der Waals surface area contributed by atoms with Crippen molar-refractivity contribution in [2.75, 3.05) is 0 Å². The van der Waals surface area contributed by atoms with Gasteiger partial charge in [0.05, 0.1) is 0 Å². The lowest BCUT2D eigenvalue weighted by atomic mass is 10.1. The van der Waals surface area contributed by atoms with Gasteiger partial charge >= 0.3 is 0 Å². The van der Waals surface area contributed by atoms with Gasteiger partial charge in [0.25, 0.3) is 0 Å². The standard InChI is InChI=1S/C12H24.C12H26/c1-3-4-5-6-7-8-9-12-10-11(12)2;1-3-5-7-9-11-12-10-8-6-4-2/h11-12H,3-10H2,1-2H3;3-12H2,1-2H3. The molecule has 2 unspecified atom stereocenters. The van der Waals surface area contributed by atoms with Crippen LogP contribution in [0.25, 0.3) is 0 Å². The summed E-state index contributed by atoms with van der Waals surface area (Å²) in [5, 5.41) is 0. The van der Waals surface area contributed by atoms with Crippen LogP contribution >= 0.6 is 0 Å². The molecule has 1 rings (SSSR count). The Morgan fingerprint density at radius 3 is 1.08 bits per heavy atom. The fraction of sp³-hybridized carbons (Fsp3) is 1.00. The minimum absolute atomic E-state index is 1.07. The number of rotatable bonds is 16. The van der Waals surface area contributed by atoms with Crippen LogP contribution < -0.4 is 0 Å². The summed E-state index contributed by atoms with van der Waals surface area (Å²) >= 11 is 0. The number of unbranched alkanes of at least 4 members (excludes halogenated alkanes) is 14. The van der Waals surface area contributed by atoms with Gasteiger partial charge in [-0.05, 0) is 18.3 Å². The van der Waals surface area contributed by atoms with E-state index in [0.717, 1.165) is 11.8 Å². The smallest absolute Gasteiger partial charge is 0.0386 e. The van der Waals surface area contributed by atoms with Gasteiger partial charge in [0.15, 0.2) is 0 Å². The molecule has 0 amide bonds. The van der Waals surface area contributed by atoms with E-state index in [0.29, 0.717) is 0 Å². The van der Waals surface area contributed by atoms with Gasteiger partial charge in [-0.25, -0.2) is 0 Å². The normalized spacial score (nSPS) is 19.0. The molecule has 1 aliphatic rings. The van der Waals surface area contributed by atoms with Crippen molar-refractivity contribution >= 4 is 0 Å². The van der Waals surface area contributed by atoms with Crippen LogP contribution in [-0.4, -0.2) is 0 Å². The van der Waals surface area contributed by atoms with Crippen molar-refractivity contribution in [1.29, 1.82) is 0 Å². The molecular formula is C24H50. The lowest BCUT2D eigenvalue weighted by Crippen LogP contribution is -1.82. The minimum atomic E-state index is 1.07. The van der Waals surface area contributed by atoms with Gasteiger partial charge in [-0.15, -0.1) is 0 Å². The molecule has 0 saturated heterocycles. The molecule has 0 aliphatic heterocycles.